The van der Waals surface area contributed by atoms with E-state index in [1.165, 1.54) is 0 Å². The molecule has 0 saturated carbocycles. The van der Waals surface area contributed by atoms with E-state index in [1.807, 2.05) is 64.6 Å². The summed E-state index contributed by atoms with van der Waals surface area (Å²) < 4.78 is 8.01. The van der Waals surface area contributed by atoms with Gasteiger partial charge in [-0.2, -0.15) is 20.4 Å². The Labute approximate surface area is 211 Å². The standard InChI is InChI=1S/C27H33N9/c1-16-12-20(5)33(29-16)26(34-21(6)13-17(2)30-34)24-10-9-11-25(28-24)27(35-22(7)14-18(3)31-35)36-23(8)15-19(4)32-36/h9-15,26-27H,1-8H3. The molecule has 0 radical (unpaired) electrons. The number of hydrogen-bond acceptors (Lipinski definition) is 5. The largest absolute Gasteiger partial charge is 0.249 e. The monoisotopic (exact) mass is 483 g/mol. The average molecular weight is 484 g/mol. The molecule has 0 fully saturated rings. The van der Waals surface area contributed by atoms with Crippen molar-refractivity contribution in [3.8, 4) is 0 Å². The summed E-state index contributed by atoms with van der Waals surface area (Å²) in [6, 6.07) is 14.5. The van der Waals surface area contributed by atoms with Gasteiger partial charge in [0, 0.05) is 22.8 Å². The highest BCUT2D eigenvalue weighted by Gasteiger charge is 2.27. The zero-order valence-electron chi connectivity index (χ0n) is 22.2. The third-order valence-corrected chi connectivity index (χ3v) is 6.43. The van der Waals surface area contributed by atoms with E-state index in [0.29, 0.717) is 0 Å². The zero-order valence-corrected chi connectivity index (χ0v) is 22.2. The van der Waals surface area contributed by atoms with Crippen LogP contribution in [0, 0.1) is 55.4 Å². The smallest absolute Gasteiger partial charge is 0.185 e. The summed E-state index contributed by atoms with van der Waals surface area (Å²) in [6.45, 7) is 16.3. The van der Waals surface area contributed by atoms with Crippen LogP contribution in [0.15, 0.2) is 42.5 Å². The lowest BCUT2D eigenvalue weighted by molar-refractivity contribution is 0.375. The van der Waals surface area contributed by atoms with E-state index >= 15 is 0 Å². The van der Waals surface area contributed by atoms with E-state index in [2.05, 4.69) is 52.0 Å². The minimum Gasteiger partial charge on any atom is -0.249 e. The van der Waals surface area contributed by atoms with Gasteiger partial charge in [-0.15, -0.1) is 0 Å². The van der Waals surface area contributed by atoms with Crippen LogP contribution in [-0.2, 0) is 0 Å². The van der Waals surface area contributed by atoms with Crippen LogP contribution in [0.3, 0.4) is 0 Å². The summed E-state index contributed by atoms with van der Waals surface area (Å²) in [5.74, 6) is 0. The van der Waals surface area contributed by atoms with Gasteiger partial charge < -0.3 is 0 Å². The molecule has 0 amide bonds. The number of pyridine rings is 1. The maximum atomic E-state index is 5.24. The predicted octanol–water partition coefficient (Wildman–Crippen LogP) is 4.53. The van der Waals surface area contributed by atoms with Crippen molar-refractivity contribution in [2.75, 3.05) is 0 Å². The molecule has 9 heteroatoms. The summed E-state index contributed by atoms with van der Waals surface area (Å²) in [6.07, 6.45) is -0.650. The molecule has 0 aliphatic heterocycles. The molecule has 0 aromatic carbocycles. The van der Waals surface area contributed by atoms with E-state index in [-0.39, 0.29) is 12.3 Å². The van der Waals surface area contributed by atoms with Crippen molar-refractivity contribution < 1.29 is 0 Å². The van der Waals surface area contributed by atoms with Crippen LogP contribution >= 0.6 is 0 Å². The van der Waals surface area contributed by atoms with Gasteiger partial charge in [-0.25, -0.2) is 23.7 Å². The maximum Gasteiger partial charge on any atom is 0.185 e. The molecule has 5 rings (SSSR count). The number of nitrogens with zero attached hydrogens (tertiary/aromatic N) is 9. The Morgan fingerprint density at radius 1 is 0.472 bits per heavy atom. The van der Waals surface area contributed by atoms with Crippen molar-refractivity contribution in [3.05, 3.63) is 99.4 Å². The van der Waals surface area contributed by atoms with Gasteiger partial charge in [0.2, 0.25) is 0 Å². The van der Waals surface area contributed by atoms with Crippen molar-refractivity contribution in [2.45, 2.75) is 67.7 Å². The minimum absolute atomic E-state index is 0.325. The first-order chi connectivity index (χ1) is 17.1. The van der Waals surface area contributed by atoms with Crippen LogP contribution < -0.4 is 0 Å². The summed E-state index contributed by atoms with van der Waals surface area (Å²) >= 11 is 0. The molecule has 5 aromatic rings. The van der Waals surface area contributed by atoms with Gasteiger partial charge in [-0.05, 0) is 91.8 Å². The lowest BCUT2D eigenvalue weighted by Crippen LogP contribution is -2.28. The Morgan fingerprint density at radius 3 is 0.972 bits per heavy atom. The van der Waals surface area contributed by atoms with Gasteiger partial charge in [0.25, 0.3) is 0 Å². The topological polar surface area (TPSA) is 84.2 Å². The predicted molar refractivity (Wildman–Crippen MR) is 138 cm³/mol. The van der Waals surface area contributed by atoms with Crippen LogP contribution in [0.4, 0.5) is 0 Å². The molecule has 0 N–H and O–H groups in total. The third-order valence-electron chi connectivity index (χ3n) is 6.43. The Hall–Kier alpha value is -4.01. The fraction of sp³-hybridized carbons (Fsp3) is 0.370. The first-order valence-corrected chi connectivity index (χ1v) is 12.2. The Morgan fingerprint density at radius 2 is 0.750 bits per heavy atom. The molecular weight excluding hydrogens is 450 g/mol. The van der Waals surface area contributed by atoms with Crippen molar-refractivity contribution >= 4 is 0 Å². The Kier molecular flexibility index (Phi) is 5.86. The molecule has 0 spiro atoms. The molecule has 186 valence electrons. The van der Waals surface area contributed by atoms with Crippen molar-refractivity contribution in [1.29, 1.82) is 0 Å². The van der Waals surface area contributed by atoms with Crippen LogP contribution in [-0.4, -0.2) is 44.1 Å². The summed E-state index contributed by atoms with van der Waals surface area (Å²) in [4.78, 5) is 5.24. The fourth-order valence-electron chi connectivity index (χ4n) is 5.04. The molecule has 0 atom stereocenters. The van der Waals surface area contributed by atoms with Gasteiger partial charge in [0.1, 0.15) is 0 Å². The summed E-state index contributed by atoms with van der Waals surface area (Å²) in [7, 11) is 0. The van der Waals surface area contributed by atoms with Crippen LogP contribution in [0.25, 0.3) is 0 Å². The SMILES string of the molecule is Cc1cc(C)n(C(c2cccc(C(n3nc(C)cc3C)n3nc(C)cc3C)n2)n2nc(C)cc2C)n1. The summed E-state index contributed by atoms with van der Waals surface area (Å²) in [5, 5.41) is 19.3. The average Bonchev–Trinajstić information content (AvgIpc) is 3.51. The molecular formula is C27H33N9. The van der Waals surface area contributed by atoms with Crippen LogP contribution in [0.5, 0.6) is 0 Å². The second kappa shape index (κ2) is 8.89. The number of aromatic nitrogens is 9. The highest BCUT2D eigenvalue weighted by molar-refractivity contribution is 5.24. The number of aryl methyl sites for hydroxylation is 8. The highest BCUT2D eigenvalue weighted by atomic mass is 15.5. The Bertz CT molecular complexity index is 1340. The van der Waals surface area contributed by atoms with E-state index in [4.69, 9.17) is 25.4 Å². The van der Waals surface area contributed by atoms with E-state index < -0.39 is 0 Å². The van der Waals surface area contributed by atoms with E-state index in [9.17, 15) is 0 Å². The molecule has 0 aliphatic rings. The highest BCUT2D eigenvalue weighted by Crippen LogP contribution is 2.27. The lowest BCUT2D eigenvalue weighted by Gasteiger charge is -2.24. The number of rotatable bonds is 6. The van der Waals surface area contributed by atoms with Crippen molar-refractivity contribution in [2.24, 2.45) is 0 Å². The van der Waals surface area contributed by atoms with Gasteiger partial charge in [-0.3, -0.25) is 0 Å². The van der Waals surface area contributed by atoms with E-state index in [1.54, 1.807) is 0 Å². The van der Waals surface area contributed by atoms with Crippen LogP contribution in [0.1, 0.15) is 69.3 Å². The fourth-order valence-corrected chi connectivity index (χ4v) is 5.04. The molecule has 0 unspecified atom stereocenters. The summed E-state index contributed by atoms with van der Waals surface area (Å²) in [5.41, 5.74) is 9.71. The van der Waals surface area contributed by atoms with Gasteiger partial charge in [0.05, 0.1) is 34.2 Å². The molecule has 0 aliphatic carbocycles. The molecule has 36 heavy (non-hydrogen) atoms. The van der Waals surface area contributed by atoms with Crippen molar-refractivity contribution in [3.63, 3.8) is 0 Å². The first kappa shape index (κ1) is 23.7. The first-order valence-electron chi connectivity index (χ1n) is 12.2. The second-order valence-corrected chi connectivity index (χ2v) is 9.72. The number of hydrogen-bond donors (Lipinski definition) is 0. The molecule has 5 aromatic heterocycles. The second-order valence-electron chi connectivity index (χ2n) is 9.72. The van der Waals surface area contributed by atoms with Crippen molar-refractivity contribution in [1.82, 2.24) is 44.1 Å². The van der Waals surface area contributed by atoms with Crippen LogP contribution in [0.2, 0.25) is 0 Å². The maximum absolute atomic E-state index is 5.24. The molecule has 0 bridgehead atoms. The van der Waals surface area contributed by atoms with E-state index in [0.717, 1.165) is 56.9 Å². The molecule has 0 saturated heterocycles. The van der Waals surface area contributed by atoms with Gasteiger partial charge >= 0.3 is 0 Å². The van der Waals surface area contributed by atoms with Gasteiger partial charge in [0.15, 0.2) is 12.3 Å². The van der Waals surface area contributed by atoms with Gasteiger partial charge in [-0.1, -0.05) is 6.07 Å². The molecule has 9 nitrogen and oxygen atoms in total. The molecule has 5 heterocycles. The normalized spacial score (nSPS) is 11.8. The quantitative estimate of drug-likeness (QED) is 0.354. The zero-order chi connectivity index (χ0) is 25.7. The third kappa shape index (κ3) is 4.14. The minimum atomic E-state index is -0.325. The lowest BCUT2D eigenvalue weighted by atomic mass is 10.2. The Balaban J connectivity index is 1.72.